The first-order valence-electron chi connectivity index (χ1n) is 8.29. The Labute approximate surface area is 156 Å². The number of anilines is 1. The largest absolute Gasteiger partial charge is 0.310 e. The number of benzene rings is 2. The van der Waals surface area contributed by atoms with E-state index in [9.17, 15) is 4.79 Å². The Morgan fingerprint density at radius 1 is 1.12 bits per heavy atom. The van der Waals surface area contributed by atoms with Gasteiger partial charge in [0.1, 0.15) is 5.82 Å². The lowest BCUT2D eigenvalue weighted by Gasteiger charge is -2.16. The van der Waals surface area contributed by atoms with E-state index in [0.29, 0.717) is 12.4 Å². The van der Waals surface area contributed by atoms with Crippen molar-refractivity contribution in [1.82, 2.24) is 9.78 Å². The molecule has 128 valence electrons. The molecule has 1 aromatic heterocycles. The molecule has 25 heavy (non-hydrogen) atoms. The molecule has 5 heteroatoms. The SMILES string of the molecule is CCC(C(=O)Nc1ccnn1Cc1ccc(Br)cc1)c1ccccc1. The van der Waals surface area contributed by atoms with Crippen molar-refractivity contribution in [1.29, 1.82) is 0 Å². The molecule has 0 fully saturated rings. The molecule has 1 amide bonds. The minimum absolute atomic E-state index is 0.00810. The summed E-state index contributed by atoms with van der Waals surface area (Å²) in [6, 6.07) is 19.8. The van der Waals surface area contributed by atoms with E-state index in [1.165, 1.54) is 0 Å². The van der Waals surface area contributed by atoms with Crippen molar-refractivity contribution in [3.05, 3.63) is 82.5 Å². The quantitative estimate of drug-likeness (QED) is 0.647. The third-order valence-corrected chi connectivity index (χ3v) is 4.67. The first kappa shape index (κ1) is 17.4. The maximum atomic E-state index is 12.7. The number of rotatable bonds is 6. The fourth-order valence-corrected chi connectivity index (χ4v) is 3.06. The van der Waals surface area contributed by atoms with E-state index in [1.54, 1.807) is 10.9 Å². The normalized spacial score (nSPS) is 11.9. The zero-order valence-corrected chi connectivity index (χ0v) is 15.6. The average molecular weight is 398 g/mol. The van der Waals surface area contributed by atoms with E-state index in [0.717, 1.165) is 22.0 Å². The summed E-state index contributed by atoms with van der Waals surface area (Å²) in [6.45, 7) is 2.63. The summed E-state index contributed by atoms with van der Waals surface area (Å²) in [7, 11) is 0. The van der Waals surface area contributed by atoms with Gasteiger partial charge in [0.05, 0.1) is 18.7 Å². The minimum Gasteiger partial charge on any atom is -0.310 e. The van der Waals surface area contributed by atoms with Crippen molar-refractivity contribution in [2.45, 2.75) is 25.8 Å². The Hall–Kier alpha value is -2.40. The fourth-order valence-electron chi connectivity index (χ4n) is 2.80. The first-order valence-corrected chi connectivity index (χ1v) is 9.08. The lowest BCUT2D eigenvalue weighted by Crippen LogP contribution is -2.22. The Kier molecular flexibility index (Phi) is 5.66. The van der Waals surface area contributed by atoms with Crippen molar-refractivity contribution in [2.24, 2.45) is 0 Å². The number of nitrogens with zero attached hydrogens (tertiary/aromatic N) is 2. The summed E-state index contributed by atoms with van der Waals surface area (Å²) in [6.07, 6.45) is 2.45. The first-order chi connectivity index (χ1) is 12.2. The second-order valence-corrected chi connectivity index (χ2v) is 6.78. The number of hydrogen-bond acceptors (Lipinski definition) is 2. The monoisotopic (exact) mass is 397 g/mol. The van der Waals surface area contributed by atoms with Gasteiger partial charge >= 0.3 is 0 Å². The number of amides is 1. The number of hydrogen-bond donors (Lipinski definition) is 1. The Bertz CT molecular complexity index is 828. The van der Waals surface area contributed by atoms with Gasteiger partial charge in [0.15, 0.2) is 0 Å². The van der Waals surface area contributed by atoms with E-state index in [1.807, 2.05) is 67.6 Å². The van der Waals surface area contributed by atoms with Gasteiger partial charge in [0.25, 0.3) is 0 Å². The summed E-state index contributed by atoms with van der Waals surface area (Å²) in [5, 5.41) is 7.36. The highest BCUT2D eigenvalue weighted by Gasteiger charge is 2.19. The predicted octanol–water partition coefficient (Wildman–Crippen LogP) is 4.83. The summed E-state index contributed by atoms with van der Waals surface area (Å²) < 4.78 is 2.85. The molecule has 3 rings (SSSR count). The van der Waals surface area contributed by atoms with Gasteiger partial charge in [-0.05, 0) is 29.7 Å². The van der Waals surface area contributed by atoms with Crippen LogP contribution >= 0.6 is 15.9 Å². The molecule has 3 aromatic rings. The van der Waals surface area contributed by atoms with Gasteiger partial charge in [-0.1, -0.05) is 65.3 Å². The van der Waals surface area contributed by atoms with Crippen LogP contribution in [0.3, 0.4) is 0 Å². The van der Waals surface area contributed by atoms with Gasteiger partial charge in [-0.3, -0.25) is 4.79 Å². The van der Waals surface area contributed by atoms with E-state index >= 15 is 0 Å². The summed E-state index contributed by atoms with van der Waals surface area (Å²) >= 11 is 3.44. The van der Waals surface area contributed by atoms with Crippen molar-refractivity contribution in [2.75, 3.05) is 5.32 Å². The van der Waals surface area contributed by atoms with Crippen LogP contribution in [0.15, 0.2) is 71.3 Å². The molecule has 0 aliphatic rings. The van der Waals surface area contributed by atoms with Gasteiger partial charge in [-0.15, -0.1) is 0 Å². The summed E-state index contributed by atoms with van der Waals surface area (Å²) in [4.78, 5) is 12.7. The van der Waals surface area contributed by atoms with E-state index in [2.05, 4.69) is 26.3 Å². The predicted molar refractivity (Wildman–Crippen MR) is 104 cm³/mol. The van der Waals surface area contributed by atoms with Crippen LogP contribution in [-0.2, 0) is 11.3 Å². The van der Waals surface area contributed by atoms with Crippen LogP contribution in [0.4, 0.5) is 5.82 Å². The Balaban J connectivity index is 1.74. The molecule has 0 spiro atoms. The molecule has 1 heterocycles. The molecule has 0 aliphatic carbocycles. The van der Waals surface area contributed by atoms with Gasteiger partial charge < -0.3 is 5.32 Å². The van der Waals surface area contributed by atoms with Crippen LogP contribution in [0.2, 0.25) is 0 Å². The van der Waals surface area contributed by atoms with Gasteiger partial charge in [0.2, 0.25) is 5.91 Å². The molecule has 0 bridgehead atoms. The van der Waals surface area contributed by atoms with Crippen LogP contribution < -0.4 is 5.32 Å². The lowest BCUT2D eigenvalue weighted by atomic mass is 9.96. The maximum absolute atomic E-state index is 12.7. The van der Waals surface area contributed by atoms with Gasteiger partial charge in [-0.2, -0.15) is 5.10 Å². The fraction of sp³-hybridized carbons (Fsp3) is 0.200. The van der Waals surface area contributed by atoms with Crippen LogP contribution in [-0.4, -0.2) is 15.7 Å². The van der Waals surface area contributed by atoms with E-state index in [-0.39, 0.29) is 11.8 Å². The number of halogens is 1. The Morgan fingerprint density at radius 2 is 1.84 bits per heavy atom. The zero-order chi connectivity index (χ0) is 17.6. The van der Waals surface area contributed by atoms with Crippen LogP contribution in [0, 0.1) is 0 Å². The van der Waals surface area contributed by atoms with Crippen LogP contribution in [0.25, 0.3) is 0 Å². The minimum atomic E-state index is -0.169. The third-order valence-electron chi connectivity index (χ3n) is 4.14. The Morgan fingerprint density at radius 3 is 2.52 bits per heavy atom. The highest BCUT2D eigenvalue weighted by Crippen LogP contribution is 2.22. The molecular formula is C20H20BrN3O. The van der Waals surface area contributed by atoms with Crippen molar-refractivity contribution in [3.8, 4) is 0 Å². The van der Waals surface area contributed by atoms with Crippen molar-refractivity contribution < 1.29 is 4.79 Å². The zero-order valence-electron chi connectivity index (χ0n) is 14.0. The average Bonchev–Trinajstić information content (AvgIpc) is 3.05. The standard InChI is InChI=1S/C20H20BrN3O/c1-2-18(16-6-4-3-5-7-16)20(25)23-19-12-13-22-24(19)14-15-8-10-17(21)11-9-15/h3-13,18H,2,14H2,1H3,(H,23,25). The molecule has 1 atom stereocenters. The van der Waals surface area contributed by atoms with Gasteiger partial charge in [0, 0.05) is 10.5 Å². The molecule has 1 unspecified atom stereocenters. The number of carbonyl (C=O) groups is 1. The topological polar surface area (TPSA) is 46.9 Å². The highest BCUT2D eigenvalue weighted by molar-refractivity contribution is 9.10. The molecular weight excluding hydrogens is 378 g/mol. The molecule has 0 saturated carbocycles. The highest BCUT2D eigenvalue weighted by atomic mass is 79.9. The molecule has 0 radical (unpaired) electrons. The summed E-state index contributed by atoms with van der Waals surface area (Å²) in [5.41, 5.74) is 2.15. The molecule has 2 aromatic carbocycles. The molecule has 1 N–H and O–H groups in total. The van der Waals surface area contributed by atoms with Crippen molar-refractivity contribution in [3.63, 3.8) is 0 Å². The van der Waals surface area contributed by atoms with Crippen LogP contribution in [0.1, 0.15) is 30.4 Å². The number of aromatic nitrogens is 2. The van der Waals surface area contributed by atoms with E-state index < -0.39 is 0 Å². The number of nitrogens with one attached hydrogen (secondary N) is 1. The van der Waals surface area contributed by atoms with Crippen molar-refractivity contribution >= 4 is 27.7 Å². The summed E-state index contributed by atoms with van der Waals surface area (Å²) in [5.74, 6) is 0.533. The molecule has 4 nitrogen and oxygen atoms in total. The molecule has 0 saturated heterocycles. The smallest absolute Gasteiger partial charge is 0.233 e. The third kappa shape index (κ3) is 4.37. The van der Waals surface area contributed by atoms with Gasteiger partial charge in [-0.25, -0.2) is 4.68 Å². The lowest BCUT2D eigenvalue weighted by molar-refractivity contribution is -0.117. The maximum Gasteiger partial charge on any atom is 0.233 e. The van der Waals surface area contributed by atoms with Crippen LogP contribution in [0.5, 0.6) is 0 Å². The second kappa shape index (κ2) is 8.12. The second-order valence-electron chi connectivity index (χ2n) is 5.86. The van der Waals surface area contributed by atoms with E-state index in [4.69, 9.17) is 0 Å². The number of carbonyl (C=O) groups excluding carboxylic acids is 1. The molecule has 0 aliphatic heterocycles.